The minimum atomic E-state index is -4.41. The minimum Gasteiger partial charge on any atom is -0.272 e. The maximum Gasteiger partial charge on any atom is 0.416 e. The van der Waals surface area contributed by atoms with E-state index in [1.807, 2.05) is 0 Å². The van der Waals surface area contributed by atoms with Crippen LogP contribution in [0.1, 0.15) is 31.1 Å². The molecule has 0 spiro atoms. The number of nitrogens with zero attached hydrogens (tertiary/aromatic N) is 3. The predicted molar refractivity (Wildman–Crippen MR) is 96.0 cm³/mol. The van der Waals surface area contributed by atoms with E-state index in [-0.39, 0.29) is 5.91 Å². The van der Waals surface area contributed by atoms with Crippen LogP contribution in [0, 0.1) is 5.41 Å². The van der Waals surface area contributed by atoms with Crippen LogP contribution in [0.3, 0.4) is 0 Å². The van der Waals surface area contributed by atoms with Gasteiger partial charge >= 0.3 is 6.18 Å². The lowest BCUT2D eigenvalue weighted by Gasteiger charge is -2.15. The first-order chi connectivity index (χ1) is 12.6. The van der Waals surface area contributed by atoms with Gasteiger partial charge in [-0.1, -0.05) is 32.9 Å². The van der Waals surface area contributed by atoms with Gasteiger partial charge in [-0.2, -0.15) is 18.3 Å². The Labute approximate surface area is 154 Å². The van der Waals surface area contributed by atoms with Crippen LogP contribution in [0.25, 0.3) is 22.4 Å². The summed E-state index contributed by atoms with van der Waals surface area (Å²) in [5.74, 6) is -0.212. The van der Waals surface area contributed by atoms with Crippen LogP contribution in [-0.2, 0) is 6.18 Å². The lowest BCUT2D eigenvalue weighted by molar-refractivity contribution is -0.137. The summed E-state index contributed by atoms with van der Waals surface area (Å²) < 4.78 is 39.8. The summed E-state index contributed by atoms with van der Waals surface area (Å²) in [5, 5.41) is 4.38. The molecule has 0 amide bonds. The van der Waals surface area contributed by atoms with Gasteiger partial charge in [0.1, 0.15) is 5.69 Å². The van der Waals surface area contributed by atoms with Crippen LogP contribution in [0.2, 0.25) is 0 Å². The topological polar surface area (TPSA) is 47.8 Å². The second-order valence-corrected chi connectivity index (χ2v) is 7.20. The van der Waals surface area contributed by atoms with Crippen LogP contribution in [0.4, 0.5) is 13.2 Å². The highest BCUT2D eigenvalue weighted by atomic mass is 19.4. The average Bonchev–Trinajstić information content (AvgIpc) is 3.05. The number of pyridine rings is 1. The summed E-state index contributed by atoms with van der Waals surface area (Å²) in [6.07, 6.45) is 0.410. The molecule has 140 valence electrons. The van der Waals surface area contributed by atoms with Crippen molar-refractivity contribution in [3.8, 4) is 22.4 Å². The quantitative estimate of drug-likeness (QED) is 0.611. The average molecular weight is 373 g/mol. The van der Waals surface area contributed by atoms with E-state index in [0.717, 1.165) is 17.7 Å². The summed E-state index contributed by atoms with van der Waals surface area (Å²) >= 11 is 0. The van der Waals surface area contributed by atoms with Crippen molar-refractivity contribution < 1.29 is 18.0 Å². The molecule has 27 heavy (non-hydrogen) atoms. The fourth-order valence-electron chi connectivity index (χ4n) is 2.59. The molecule has 3 aromatic rings. The van der Waals surface area contributed by atoms with E-state index in [1.54, 1.807) is 51.5 Å². The van der Waals surface area contributed by atoms with Gasteiger partial charge in [0.15, 0.2) is 0 Å². The van der Waals surface area contributed by atoms with E-state index < -0.39 is 17.2 Å². The zero-order valence-electron chi connectivity index (χ0n) is 15.1. The Balaban J connectivity index is 2.13. The first kappa shape index (κ1) is 18.8. The first-order valence-electron chi connectivity index (χ1n) is 8.30. The van der Waals surface area contributed by atoms with E-state index in [2.05, 4.69) is 10.1 Å². The Morgan fingerprint density at radius 3 is 2.04 bits per heavy atom. The summed E-state index contributed by atoms with van der Waals surface area (Å²) in [6.45, 7) is 5.34. The number of rotatable bonds is 2. The highest BCUT2D eigenvalue weighted by Crippen LogP contribution is 2.34. The number of benzene rings is 1. The molecule has 0 aliphatic rings. The van der Waals surface area contributed by atoms with Gasteiger partial charge in [0, 0.05) is 35.1 Å². The zero-order valence-corrected chi connectivity index (χ0v) is 15.1. The predicted octanol–water partition coefficient (Wildman–Crippen LogP) is 5.32. The molecule has 0 radical (unpaired) electrons. The van der Waals surface area contributed by atoms with Crippen molar-refractivity contribution in [1.82, 2.24) is 14.8 Å². The third kappa shape index (κ3) is 3.92. The van der Waals surface area contributed by atoms with Gasteiger partial charge in [-0.05, 0) is 29.8 Å². The summed E-state index contributed by atoms with van der Waals surface area (Å²) in [7, 11) is 0. The molecule has 2 aromatic heterocycles. The molecule has 0 saturated heterocycles. The zero-order chi connectivity index (χ0) is 19.8. The van der Waals surface area contributed by atoms with E-state index >= 15 is 0 Å². The van der Waals surface area contributed by atoms with Crippen molar-refractivity contribution in [2.45, 2.75) is 26.9 Å². The molecule has 0 bridgehead atoms. The van der Waals surface area contributed by atoms with E-state index in [1.165, 1.54) is 16.8 Å². The summed E-state index contributed by atoms with van der Waals surface area (Å²) in [5.41, 5.74) is 0.964. The molecule has 2 heterocycles. The molecule has 0 unspecified atom stereocenters. The molecule has 1 aromatic carbocycles. The number of carbonyl (C=O) groups is 1. The van der Waals surface area contributed by atoms with Gasteiger partial charge < -0.3 is 0 Å². The Hall–Kier alpha value is -2.96. The molecule has 4 nitrogen and oxygen atoms in total. The third-order valence-corrected chi connectivity index (χ3v) is 4.04. The number of hydrogen-bond donors (Lipinski definition) is 0. The number of hydrogen-bond acceptors (Lipinski definition) is 3. The van der Waals surface area contributed by atoms with Crippen molar-refractivity contribution in [2.75, 3.05) is 0 Å². The molecule has 0 aliphatic heterocycles. The molecule has 0 saturated carbocycles. The van der Waals surface area contributed by atoms with Gasteiger partial charge in [0.25, 0.3) is 5.91 Å². The Bertz CT molecular complexity index is 953. The summed E-state index contributed by atoms with van der Waals surface area (Å²) in [4.78, 5) is 16.6. The van der Waals surface area contributed by atoms with Crippen molar-refractivity contribution in [3.05, 3.63) is 60.6 Å². The van der Waals surface area contributed by atoms with Crippen molar-refractivity contribution in [1.29, 1.82) is 0 Å². The molecular formula is C20H18F3N3O. The number of carbonyl (C=O) groups excluding carboxylic acids is 1. The fourth-order valence-corrected chi connectivity index (χ4v) is 2.59. The molecule has 0 aliphatic carbocycles. The molecule has 7 heteroatoms. The van der Waals surface area contributed by atoms with E-state index in [9.17, 15) is 18.0 Å². The Kier molecular flexibility index (Phi) is 4.63. The Morgan fingerprint density at radius 1 is 0.926 bits per heavy atom. The highest BCUT2D eigenvalue weighted by molar-refractivity contribution is 5.87. The van der Waals surface area contributed by atoms with Gasteiger partial charge in [-0.15, -0.1) is 0 Å². The monoisotopic (exact) mass is 373 g/mol. The smallest absolute Gasteiger partial charge is 0.272 e. The van der Waals surface area contributed by atoms with Gasteiger partial charge in [0.05, 0.1) is 5.56 Å². The minimum absolute atomic E-state index is 0.212. The maximum absolute atomic E-state index is 12.8. The molecule has 0 N–H and O–H groups in total. The molecule has 0 fully saturated rings. The van der Waals surface area contributed by atoms with Gasteiger partial charge in [-0.25, -0.2) is 4.68 Å². The number of halogens is 3. The van der Waals surface area contributed by atoms with Crippen LogP contribution in [0.5, 0.6) is 0 Å². The lowest BCUT2D eigenvalue weighted by atomic mass is 9.96. The van der Waals surface area contributed by atoms with Crippen molar-refractivity contribution >= 4 is 5.91 Å². The number of aromatic nitrogens is 3. The van der Waals surface area contributed by atoms with Gasteiger partial charge in [-0.3, -0.25) is 9.78 Å². The van der Waals surface area contributed by atoms with Crippen molar-refractivity contribution in [3.63, 3.8) is 0 Å². The lowest BCUT2D eigenvalue weighted by Crippen LogP contribution is -2.27. The normalized spacial score (nSPS) is 12.2. The number of alkyl halides is 3. The SMILES string of the molecule is CC(C)(C)C(=O)n1cc(-c2ccncc2)c(-c2ccc(C(F)(F)F)cc2)n1. The maximum atomic E-state index is 12.8. The highest BCUT2D eigenvalue weighted by Gasteiger charge is 2.30. The second-order valence-electron chi connectivity index (χ2n) is 7.20. The Morgan fingerprint density at radius 2 is 1.52 bits per heavy atom. The van der Waals surface area contributed by atoms with Crippen molar-refractivity contribution in [2.24, 2.45) is 5.41 Å². The van der Waals surface area contributed by atoms with E-state index in [0.29, 0.717) is 16.8 Å². The second kappa shape index (κ2) is 6.64. The molecule has 0 atom stereocenters. The van der Waals surface area contributed by atoms with Crippen LogP contribution in [-0.4, -0.2) is 20.7 Å². The standard InChI is InChI=1S/C20H18F3N3O/c1-19(2,3)18(27)26-12-16(13-8-10-24-11-9-13)17(25-26)14-4-6-15(7-5-14)20(21,22)23/h4-12H,1-3H3. The van der Waals surface area contributed by atoms with Crippen LogP contribution < -0.4 is 0 Å². The third-order valence-electron chi connectivity index (χ3n) is 4.04. The van der Waals surface area contributed by atoms with E-state index in [4.69, 9.17) is 0 Å². The van der Waals surface area contributed by atoms with Gasteiger partial charge in [0.2, 0.25) is 0 Å². The largest absolute Gasteiger partial charge is 0.416 e. The molecule has 3 rings (SSSR count). The fraction of sp³-hybridized carbons (Fsp3) is 0.250. The first-order valence-corrected chi connectivity index (χ1v) is 8.30. The van der Waals surface area contributed by atoms with Crippen LogP contribution >= 0.6 is 0 Å². The summed E-state index contributed by atoms with van der Waals surface area (Å²) in [6, 6.07) is 8.27. The van der Waals surface area contributed by atoms with Crippen LogP contribution in [0.15, 0.2) is 55.0 Å². The molecular weight excluding hydrogens is 355 g/mol.